The van der Waals surface area contributed by atoms with E-state index in [9.17, 15) is 32.9 Å². The Labute approximate surface area is 134 Å². The van der Waals surface area contributed by atoms with Crippen molar-refractivity contribution in [2.75, 3.05) is 0 Å². The van der Waals surface area contributed by atoms with Crippen molar-refractivity contribution in [2.45, 2.75) is 31.1 Å². The Balaban J connectivity index is 2.30. The fourth-order valence-electron chi connectivity index (χ4n) is 2.32. The van der Waals surface area contributed by atoms with Crippen molar-refractivity contribution in [1.29, 1.82) is 0 Å². The number of hydrogen-bond acceptors (Lipinski definition) is 4. The Morgan fingerprint density at radius 2 is 1.92 bits per heavy atom. The first-order chi connectivity index (χ1) is 11.0. The summed E-state index contributed by atoms with van der Waals surface area (Å²) in [4.78, 5) is 33.8. The van der Waals surface area contributed by atoms with E-state index in [2.05, 4.69) is 5.32 Å². The summed E-state index contributed by atoms with van der Waals surface area (Å²) in [6, 6.07) is 2.78. The molecule has 1 aliphatic carbocycles. The van der Waals surface area contributed by atoms with Gasteiger partial charge in [-0.25, -0.2) is 0 Å². The van der Waals surface area contributed by atoms with Crippen molar-refractivity contribution in [3.8, 4) is 0 Å². The van der Waals surface area contributed by atoms with Crippen LogP contribution in [-0.2, 0) is 21.3 Å². The fraction of sp³-hybridized carbons (Fsp3) is 0.429. The molecule has 0 heterocycles. The number of nitrogens with one attached hydrogen (secondary N) is 1. The molecule has 2 amide bonds. The minimum Gasteiger partial charge on any atom is -0.367 e. The summed E-state index contributed by atoms with van der Waals surface area (Å²) in [6.45, 7) is 1.16. The van der Waals surface area contributed by atoms with Gasteiger partial charge in [0.05, 0.1) is 5.56 Å². The van der Waals surface area contributed by atoms with E-state index in [0.717, 1.165) is 19.1 Å². The van der Waals surface area contributed by atoms with Crippen molar-refractivity contribution in [3.05, 3.63) is 45.5 Å². The van der Waals surface area contributed by atoms with Crippen LogP contribution in [0.5, 0.6) is 0 Å². The van der Waals surface area contributed by atoms with Gasteiger partial charge in [-0.3, -0.25) is 19.7 Å². The van der Waals surface area contributed by atoms with E-state index in [1.807, 2.05) is 0 Å². The van der Waals surface area contributed by atoms with E-state index in [1.165, 1.54) is 6.07 Å². The second kappa shape index (κ2) is 5.77. The van der Waals surface area contributed by atoms with E-state index in [1.54, 1.807) is 0 Å². The summed E-state index contributed by atoms with van der Waals surface area (Å²) in [5, 5.41) is 12.9. The largest absolute Gasteiger partial charge is 0.416 e. The van der Waals surface area contributed by atoms with Crippen LogP contribution in [-0.4, -0.2) is 22.8 Å². The lowest BCUT2D eigenvalue weighted by Crippen LogP contribution is -2.53. The average Bonchev–Trinajstić information content (AvgIpc) is 3.26. The first kappa shape index (κ1) is 17.7. The first-order valence-electron chi connectivity index (χ1n) is 6.90. The van der Waals surface area contributed by atoms with Crippen LogP contribution in [0.3, 0.4) is 0 Å². The molecule has 1 saturated carbocycles. The third kappa shape index (κ3) is 3.31. The maximum atomic E-state index is 12.8. The van der Waals surface area contributed by atoms with Gasteiger partial charge in [-0.1, -0.05) is 12.1 Å². The number of benzene rings is 1. The summed E-state index contributed by atoms with van der Waals surface area (Å²) in [7, 11) is 0. The van der Waals surface area contributed by atoms with E-state index in [0.29, 0.717) is 6.07 Å². The summed E-state index contributed by atoms with van der Waals surface area (Å²) in [5.41, 5.74) is 2.18. The Hall–Kier alpha value is -2.65. The van der Waals surface area contributed by atoms with Crippen molar-refractivity contribution in [3.63, 3.8) is 0 Å². The number of nitrogens with two attached hydrogens (primary N) is 1. The quantitative estimate of drug-likeness (QED) is 0.616. The number of alkyl halides is 3. The molecule has 1 aliphatic rings. The van der Waals surface area contributed by atoms with Crippen molar-refractivity contribution in [1.82, 2.24) is 5.32 Å². The summed E-state index contributed by atoms with van der Waals surface area (Å²) < 4.78 is 38.5. The Kier molecular flexibility index (Phi) is 4.25. The Bertz CT molecular complexity index is 707. The number of rotatable bonds is 5. The van der Waals surface area contributed by atoms with Crippen molar-refractivity contribution in [2.24, 2.45) is 11.7 Å². The molecule has 1 aromatic rings. The average molecular weight is 345 g/mol. The lowest BCUT2D eigenvalue weighted by molar-refractivity contribution is -0.497. The van der Waals surface area contributed by atoms with Gasteiger partial charge in [0.25, 0.3) is 0 Å². The normalized spacial score (nSPS) is 22.3. The zero-order valence-electron chi connectivity index (χ0n) is 12.5. The lowest BCUT2D eigenvalue weighted by Gasteiger charge is -2.28. The molecule has 2 rings (SSSR count). The standard InChI is InChI=1S/C14H14F3N3O4/c1-13(12(18)22,19-11(21)9-6-10(9)20(23)24)7-3-2-4-8(5-7)14(15,16)17/h2-5,9-10H,6H2,1H3,(H2,18,22)(H,19,21)/t9-,10-,13+/m0/s1. The number of carbonyl (C=O) groups excluding carboxylic acids is 2. The van der Waals surface area contributed by atoms with Gasteiger partial charge in [0.1, 0.15) is 11.5 Å². The van der Waals surface area contributed by atoms with Crippen LogP contribution in [0, 0.1) is 16.0 Å². The van der Waals surface area contributed by atoms with Crippen LogP contribution in [0.2, 0.25) is 0 Å². The molecule has 0 saturated heterocycles. The van der Waals surface area contributed by atoms with Gasteiger partial charge in [0.2, 0.25) is 17.9 Å². The van der Waals surface area contributed by atoms with Gasteiger partial charge in [0, 0.05) is 11.3 Å². The molecular formula is C14H14F3N3O4. The van der Waals surface area contributed by atoms with Gasteiger partial charge in [-0.15, -0.1) is 0 Å². The number of carbonyl (C=O) groups is 2. The zero-order chi connectivity index (χ0) is 18.3. The number of hydrogen-bond donors (Lipinski definition) is 2. The van der Waals surface area contributed by atoms with Crippen LogP contribution < -0.4 is 11.1 Å². The molecule has 0 bridgehead atoms. The number of halogens is 3. The van der Waals surface area contributed by atoms with Crippen LogP contribution in [0.15, 0.2) is 24.3 Å². The molecule has 0 spiro atoms. The molecule has 24 heavy (non-hydrogen) atoms. The lowest BCUT2D eigenvalue weighted by atomic mass is 9.89. The van der Waals surface area contributed by atoms with Gasteiger partial charge >= 0.3 is 6.18 Å². The predicted octanol–water partition coefficient (Wildman–Crippen LogP) is 1.19. The molecule has 0 aromatic heterocycles. The van der Waals surface area contributed by atoms with Crippen LogP contribution >= 0.6 is 0 Å². The maximum Gasteiger partial charge on any atom is 0.416 e. The third-order valence-electron chi connectivity index (χ3n) is 4.00. The second-order valence-corrected chi connectivity index (χ2v) is 5.75. The molecule has 3 N–H and O–H groups in total. The van der Waals surface area contributed by atoms with Crippen LogP contribution in [0.25, 0.3) is 0 Å². The number of nitro groups is 1. The topological polar surface area (TPSA) is 115 Å². The molecule has 0 aliphatic heterocycles. The van der Waals surface area contributed by atoms with E-state index in [-0.39, 0.29) is 12.0 Å². The third-order valence-corrected chi connectivity index (χ3v) is 4.00. The molecule has 130 valence electrons. The second-order valence-electron chi connectivity index (χ2n) is 5.75. The number of nitrogens with zero attached hydrogens (tertiary/aromatic N) is 1. The molecule has 0 unspecified atom stereocenters. The van der Waals surface area contributed by atoms with Gasteiger partial charge in [-0.2, -0.15) is 13.2 Å². The highest BCUT2D eigenvalue weighted by Gasteiger charge is 2.55. The highest BCUT2D eigenvalue weighted by molar-refractivity contribution is 5.92. The SMILES string of the molecule is C[C@](NC(=O)[C@H]1C[C@@H]1[N+](=O)[O-])(C(N)=O)c1cccc(C(F)(F)F)c1. The minimum atomic E-state index is -4.63. The van der Waals surface area contributed by atoms with Gasteiger partial charge in [0.15, 0.2) is 0 Å². The Morgan fingerprint density at radius 1 is 1.33 bits per heavy atom. The maximum absolute atomic E-state index is 12.8. The van der Waals surface area contributed by atoms with Crippen LogP contribution in [0.4, 0.5) is 13.2 Å². The van der Waals surface area contributed by atoms with E-state index < -0.39 is 46.0 Å². The summed E-state index contributed by atoms with van der Waals surface area (Å²) >= 11 is 0. The molecule has 3 atom stereocenters. The minimum absolute atomic E-state index is 0.0102. The molecular weight excluding hydrogens is 331 g/mol. The highest BCUT2D eigenvalue weighted by atomic mass is 19.4. The Morgan fingerprint density at radius 3 is 2.38 bits per heavy atom. The fourth-order valence-corrected chi connectivity index (χ4v) is 2.32. The predicted molar refractivity (Wildman–Crippen MR) is 75.0 cm³/mol. The molecule has 7 nitrogen and oxygen atoms in total. The molecule has 1 aromatic carbocycles. The monoisotopic (exact) mass is 345 g/mol. The first-order valence-corrected chi connectivity index (χ1v) is 6.90. The molecule has 0 radical (unpaired) electrons. The smallest absolute Gasteiger partial charge is 0.367 e. The van der Waals surface area contributed by atoms with Crippen LogP contribution in [0.1, 0.15) is 24.5 Å². The highest BCUT2D eigenvalue weighted by Crippen LogP contribution is 2.35. The molecule has 10 heteroatoms. The van der Waals surface area contributed by atoms with E-state index >= 15 is 0 Å². The van der Waals surface area contributed by atoms with E-state index in [4.69, 9.17) is 5.73 Å². The zero-order valence-corrected chi connectivity index (χ0v) is 12.5. The van der Waals surface area contributed by atoms with Gasteiger partial charge in [-0.05, 0) is 24.6 Å². The number of primary amides is 1. The van der Waals surface area contributed by atoms with Gasteiger partial charge < -0.3 is 11.1 Å². The number of amides is 2. The summed E-state index contributed by atoms with van der Waals surface area (Å²) in [5.74, 6) is -2.80. The summed E-state index contributed by atoms with van der Waals surface area (Å²) in [6.07, 6.45) is -4.62. The van der Waals surface area contributed by atoms with Crippen molar-refractivity contribution < 1.29 is 27.7 Å². The van der Waals surface area contributed by atoms with Crippen molar-refractivity contribution >= 4 is 11.8 Å². The molecule has 1 fully saturated rings.